The molecule has 2 amide bonds. The maximum Gasteiger partial charge on any atom is 0.254 e. The highest BCUT2D eigenvalue weighted by molar-refractivity contribution is 9.10. The largest absolute Gasteiger partial charge is 0.489 e. The number of fused-ring (bicyclic) bond motifs is 1. The predicted octanol–water partition coefficient (Wildman–Crippen LogP) is 3.55. The standard InChI is InChI=1S/C20H19BrN2O3/c1-2-9-26-16-8-7-15(21)10-14(16)11-22-23-19(24)17-12-3-4-13(6-5-12)18(17)20(23)25/h2-4,7-8,10-13,17-18H,1,5-6,9H2/b22-11-/t12-,13-,17-,18+/m0/s1. The number of hydrogen-bond donors (Lipinski definition) is 0. The van der Waals surface area contributed by atoms with Gasteiger partial charge in [-0.3, -0.25) is 9.59 Å². The molecule has 0 unspecified atom stereocenters. The van der Waals surface area contributed by atoms with Crippen molar-refractivity contribution in [3.05, 3.63) is 53.0 Å². The van der Waals surface area contributed by atoms with Crippen LogP contribution in [0.1, 0.15) is 18.4 Å². The first-order valence-electron chi connectivity index (χ1n) is 8.73. The van der Waals surface area contributed by atoms with E-state index in [-0.39, 0.29) is 35.5 Å². The average molecular weight is 415 g/mol. The number of allylic oxidation sites excluding steroid dienone is 2. The fourth-order valence-electron chi connectivity index (χ4n) is 4.19. The lowest BCUT2D eigenvalue weighted by atomic mass is 9.63. The fourth-order valence-corrected chi connectivity index (χ4v) is 4.57. The maximum absolute atomic E-state index is 12.8. The van der Waals surface area contributed by atoms with Gasteiger partial charge < -0.3 is 4.74 Å². The number of carbonyl (C=O) groups excluding carboxylic acids is 2. The Morgan fingerprint density at radius 3 is 2.42 bits per heavy atom. The third-order valence-corrected chi connectivity index (χ3v) is 5.87. The Labute approximate surface area is 160 Å². The minimum Gasteiger partial charge on any atom is -0.489 e. The molecule has 5 nitrogen and oxygen atoms in total. The molecule has 1 aromatic carbocycles. The molecule has 26 heavy (non-hydrogen) atoms. The zero-order chi connectivity index (χ0) is 18.3. The molecule has 4 atom stereocenters. The highest BCUT2D eigenvalue weighted by Gasteiger charge is 2.56. The molecule has 0 radical (unpaired) electrons. The van der Waals surface area contributed by atoms with E-state index in [1.165, 1.54) is 6.21 Å². The summed E-state index contributed by atoms with van der Waals surface area (Å²) in [6, 6.07) is 5.51. The molecule has 1 saturated heterocycles. The summed E-state index contributed by atoms with van der Waals surface area (Å²) in [5, 5.41) is 5.30. The lowest BCUT2D eigenvalue weighted by Crippen LogP contribution is -2.38. The summed E-state index contributed by atoms with van der Waals surface area (Å²) in [6.45, 7) is 4.01. The van der Waals surface area contributed by atoms with Gasteiger partial charge in [0, 0.05) is 10.0 Å². The van der Waals surface area contributed by atoms with Crippen LogP contribution in [0.2, 0.25) is 0 Å². The van der Waals surface area contributed by atoms with Crippen LogP contribution in [-0.2, 0) is 9.59 Å². The summed E-state index contributed by atoms with van der Waals surface area (Å²) in [7, 11) is 0. The highest BCUT2D eigenvalue weighted by Crippen LogP contribution is 2.49. The second-order valence-corrected chi connectivity index (χ2v) is 7.77. The number of carbonyl (C=O) groups is 2. The lowest BCUT2D eigenvalue weighted by Gasteiger charge is -2.37. The van der Waals surface area contributed by atoms with Crippen molar-refractivity contribution >= 4 is 34.0 Å². The van der Waals surface area contributed by atoms with Gasteiger partial charge in [-0.05, 0) is 42.9 Å². The molecule has 0 N–H and O–H groups in total. The average Bonchev–Trinajstić information content (AvgIpc) is 2.93. The Morgan fingerprint density at radius 1 is 1.19 bits per heavy atom. The SMILES string of the molecule is C=CCOc1ccc(Br)cc1/C=N\N1C(=O)[C@@H]2[C@H](C1=O)[C@H]1C=C[C@H]2CC1. The molecule has 3 aliphatic carbocycles. The van der Waals surface area contributed by atoms with Crippen molar-refractivity contribution in [2.75, 3.05) is 6.61 Å². The van der Waals surface area contributed by atoms with Crippen LogP contribution < -0.4 is 4.74 Å². The van der Waals surface area contributed by atoms with Crippen molar-refractivity contribution in [3.8, 4) is 5.75 Å². The van der Waals surface area contributed by atoms with Crippen LogP contribution in [-0.4, -0.2) is 29.6 Å². The van der Waals surface area contributed by atoms with E-state index in [0.717, 1.165) is 22.3 Å². The summed E-state index contributed by atoms with van der Waals surface area (Å²) < 4.78 is 6.48. The first-order chi connectivity index (χ1) is 12.6. The van der Waals surface area contributed by atoms with Crippen LogP contribution in [0.25, 0.3) is 0 Å². The number of rotatable bonds is 5. The van der Waals surface area contributed by atoms with Gasteiger partial charge in [0.25, 0.3) is 11.8 Å². The van der Waals surface area contributed by atoms with E-state index in [1.54, 1.807) is 6.08 Å². The topological polar surface area (TPSA) is 59.0 Å². The molecule has 0 aromatic heterocycles. The number of benzene rings is 1. The normalized spacial score (nSPS) is 29.5. The summed E-state index contributed by atoms with van der Waals surface area (Å²) >= 11 is 3.42. The van der Waals surface area contributed by atoms with Crippen LogP contribution in [0.5, 0.6) is 5.75 Å². The van der Waals surface area contributed by atoms with E-state index < -0.39 is 0 Å². The first-order valence-corrected chi connectivity index (χ1v) is 9.53. The minimum absolute atomic E-state index is 0.166. The van der Waals surface area contributed by atoms with Crippen LogP contribution in [0.4, 0.5) is 0 Å². The summed E-state index contributed by atoms with van der Waals surface area (Å²) in [5.74, 6) is 0.0932. The van der Waals surface area contributed by atoms with Crippen molar-refractivity contribution in [2.24, 2.45) is 28.8 Å². The fraction of sp³-hybridized carbons (Fsp3) is 0.350. The second kappa shape index (κ2) is 6.83. The van der Waals surface area contributed by atoms with Gasteiger partial charge in [0.15, 0.2) is 0 Å². The van der Waals surface area contributed by atoms with Crippen LogP contribution >= 0.6 is 15.9 Å². The molecule has 2 fully saturated rings. The monoisotopic (exact) mass is 414 g/mol. The zero-order valence-electron chi connectivity index (χ0n) is 14.2. The van der Waals surface area contributed by atoms with Crippen LogP contribution in [0, 0.1) is 23.7 Å². The lowest BCUT2D eigenvalue weighted by molar-refractivity contribution is -0.140. The van der Waals surface area contributed by atoms with Crippen LogP contribution in [0.3, 0.4) is 0 Å². The number of nitrogens with zero attached hydrogens (tertiary/aromatic N) is 2. The van der Waals surface area contributed by atoms with E-state index in [4.69, 9.17) is 4.74 Å². The van der Waals surface area contributed by atoms with E-state index >= 15 is 0 Å². The van der Waals surface area contributed by atoms with Crippen molar-refractivity contribution in [3.63, 3.8) is 0 Å². The zero-order valence-corrected chi connectivity index (χ0v) is 15.8. The molecule has 1 aliphatic heterocycles. The molecule has 1 aromatic rings. The quantitative estimate of drug-likeness (QED) is 0.420. The van der Waals surface area contributed by atoms with Gasteiger partial charge in [0.2, 0.25) is 0 Å². The predicted molar refractivity (Wildman–Crippen MR) is 102 cm³/mol. The van der Waals surface area contributed by atoms with Crippen molar-refractivity contribution in [2.45, 2.75) is 12.8 Å². The molecule has 2 bridgehead atoms. The highest BCUT2D eigenvalue weighted by atomic mass is 79.9. The summed E-state index contributed by atoms with van der Waals surface area (Å²) in [6.07, 6.45) is 9.33. The Hall–Kier alpha value is -2.21. The molecular weight excluding hydrogens is 396 g/mol. The summed E-state index contributed by atoms with van der Waals surface area (Å²) in [4.78, 5) is 25.6. The van der Waals surface area contributed by atoms with Gasteiger partial charge in [0.05, 0.1) is 18.1 Å². The van der Waals surface area contributed by atoms with Gasteiger partial charge >= 0.3 is 0 Å². The number of ether oxygens (including phenoxy) is 1. The van der Waals surface area contributed by atoms with Crippen molar-refractivity contribution in [1.29, 1.82) is 0 Å². The molecule has 1 heterocycles. The molecular formula is C20H19BrN2O3. The van der Waals surface area contributed by atoms with Gasteiger partial charge in [-0.25, -0.2) is 0 Å². The molecule has 134 valence electrons. The van der Waals surface area contributed by atoms with Crippen molar-refractivity contribution in [1.82, 2.24) is 5.01 Å². The Bertz CT molecular complexity index is 800. The summed E-state index contributed by atoms with van der Waals surface area (Å²) in [5.41, 5.74) is 0.692. The second-order valence-electron chi connectivity index (χ2n) is 6.86. The van der Waals surface area contributed by atoms with E-state index in [2.05, 4.69) is 39.8 Å². The minimum atomic E-state index is -0.248. The van der Waals surface area contributed by atoms with Gasteiger partial charge in [0.1, 0.15) is 12.4 Å². The number of hydrogen-bond acceptors (Lipinski definition) is 4. The Morgan fingerprint density at radius 2 is 1.85 bits per heavy atom. The molecule has 4 aliphatic rings. The first kappa shape index (κ1) is 17.2. The van der Waals surface area contributed by atoms with E-state index in [0.29, 0.717) is 17.9 Å². The number of amides is 2. The van der Waals surface area contributed by atoms with E-state index in [1.807, 2.05) is 18.2 Å². The number of imide groups is 1. The smallest absolute Gasteiger partial charge is 0.254 e. The molecule has 6 heteroatoms. The number of halogens is 1. The third kappa shape index (κ3) is 2.82. The number of hydrazone groups is 1. The third-order valence-electron chi connectivity index (χ3n) is 5.38. The molecule has 5 rings (SSSR count). The van der Waals surface area contributed by atoms with Crippen LogP contribution in [0.15, 0.2) is 52.6 Å². The maximum atomic E-state index is 12.8. The molecule has 0 spiro atoms. The Balaban J connectivity index is 1.60. The Kier molecular flexibility index (Phi) is 4.53. The molecule has 1 saturated carbocycles. The van der Waals surface area contributed by atoms with Gasteiger partial charge in [-0.1, -0.05) is 40.7 Å². The van der Waals surface area contributed by atoms with Crippen molar-refractivity contribution < 1.29 is 14.3 Å². The van der Waals surface area contributed by atoms with Gasteiger partial charge in [-0.15, -0.1) is 0 Å². The van der Waals surface area contributed by atoms with E-state index in [9.17, 15) is 9.59 Å². The van der Waals surface area contributed by atoms with Gasteiger partial charge in [-0.2, -0.15) is 10.1 Å².